The smallest absolute Gasteiger partial charge is 0.337 e. The zero-order valence-corrected chi connectivity index (χ0v) is 11.9. The predicted molar refractivity (Wildman–Crippen MR) is 77.2 cm³/mol. The lowest BCUT2D eigenvalue weighted by molar-refractivity contribution is 0.0697. The molecule has 5 nitrogen and oxygen atoms in total. The van der Waals surface area contributed by atoms with E-state index in [-0.39, 0.29) is 17.6 Å². The molecule has 1 heterocycles. The van der Waals surface area contributed by atoms with Crippen molar-refractivity contribution >= 4 is 17.7 Å². The molecule has 1 fully saturated rings. The number of anilines is 1. The Labute approximate surface area is 118 Å². The first kappa shape index (κ1) is 14.4. The van der Waals surface area contributed by atoms with Gasteiger partial charge in [-0.3, -0.25) is 4.90 Å². The Morgan fingerprint density at radius 3 is 2.75 bits per heavy atom. The highest BCUT2D eigenvalue weighted by Crippen LogP contribution is 2.25. The van der Waals surface area contributed by atoms with E-state index >= 15 is 0 Å². The van der Waals surface area contributed by atoms with E-state index in [0.29, 0.717) is 5.69 Å². The van der Waals surface area contributed by atoms with E-state index in [2.05, 4.69) is 6.92 Å². The van der Waals surface area contributed by atoms with Crippen LogP contribution in [0.1, 0.15) is 36.5 Å². The molecule has 1 N–H and O–H groups in total. The summed E-state index contributed by atoms with van der Waals surface area (Å²) in [5.74, 6) is -1.02. The van der Waals surface area contributed by atoms with E-state index in [1.165, 1.54) is 11.0 Å². The van der Waals surface area contributed by atoms with E-state index in [1.54, 1.807) is 25.2 Å². The maximum Gasteiger partial charge on any atom is 0.337 e. The minimum Gasteiger partial charge on any atom is -0.478 e. The molecule has 1 aromatic rings. The zero-order chi connectivity index (χ0) is 14.7. The summed E-state index contributed by atoms with van der Waals surface area (Å²) in [7, 11) is 1.63. The van der Waals surface area contributed by atoms with Gasteiger partial charge in [0.25, 0.3) is 0 Å². The third kappa shape index (κ3) is 2.61. The number of urea groups is 1. The molecule has 1 aliphatic rings. The van der Waals surface area contributed by atoms with Gasteiger partial charge >= 0.3 is 12.0 Å². The van der Waals surface area contributed by atoms with E-state index in [1.807, 2.05) is 4.90 Å². The average Bonchev–Trinajstić information content (AvgIpc) is 2.94. The fraction of sp³-hybridized carbons (Fsp3) is 0.467. The quantitative estimate of drug-likeness (QED) is 0.923. The van der Waals surface area contributed by atoms with Crippen LogP contribution in [0.25, 0.3) is 0 Å². The third-order valence-corrected chi connectivity index (χ3v) is 3.88. The highest BCUT2D eigenvalue weighted by Gasteiger charge is 2.30. The predicted octanol–water partition coefficient (Wildman–Crippen LogP) is 2.82. The van der Waals surface area contributed by atoms with E-state index in [9.17, 15) is 14.7 Å². The Balaban J connectivity index is 2.25. The summed E-state index contributed by atoms with van der Waals surface area (Å²) >= 11 is 0. The average molecular weight is 276 g/mol. The Bertz CT molecular complexity index is 516. The van der Waals surface area contributed by atoms with Gasteiger partial charge in [-0.1, -0.05) is 19.1 Å². The lowest BCUT2D eigenvalue weighted by Gasteiger charge is -2.29. The van der Waals surface area contributed by atoms with Gasteiger partial charge in [-0.05, 0) is 31.4 Å². The molecule has 108 valence electrons. The second-order valence-electron chi connectivity index (χ2n) is 5.06. The largest absolute Gasteiger partial charge is 0.478 e. The Kier molecular flexibility index (Phi) is 4.27. The van der Waals surface area contributed by atoms with Gasteiger partial charge in [-0.15, -0.1) is 0 Å². The standard InChI is InChI=1S/C15H20N2O3/c1-3-11-7-6-10-17(11)15(20)16(2)13-9-5-4-8-12(13)14(18)19/h4-5,8-9,11H,3,6-7,10H2,1-2H3,(H,18,19). The van der Waals surface area contributed by atoms with Gasteiger partial charge in [0.15, 0.2) is 0 Å². The number of hydrogen-bond acceptors (Lipinski definition) is 2. The van der Waals surface area contributed by atoms with Crippen molar-refractivity contribution in [1.29, 1.82) is 0 Å². The summed E-state index contributed by atoms with van der Waals surface area (Å²) in [6, 6.07) is 6.73. The summed E-state index contributed by atoms with van der Waals surface area (Å²) in [6.45, 7) is 2.82. The van der Waals surface area contributed by atoms with Crippen molar-refractivity contribution in [2.75, 3.05) is 18.5 Å². The van der Waals surface area contributed by atoms with E-state index < -0.39 is 5.97 Å². The van der Waals surface area contributed by atoms with Gasteiger partial charge in [0.05, 0.1) is 11.3 Å². The zero-order valence-electron chi connectivity index (χ0n) is 11.9. The van der Waals surface area contributed by atoms with Crippen molar-refractivity contribution in [3.63, 3.8) is 0 Å². The Morgan fingerprint density at radius 1 is 1.40 bits per heavy atom. The number of nitrogens with zero attached hydrogens (tertiary/aromatic N) is 2. The molecule has 1 unspecified atom stereocenters. The number of rotatable bonds is 3. The van der Waals surface area contributed by atoms with Gasteiger partial charge < -0.3 is 10.0 Å². The fourth-order valence-electron chi connectivity index (χ4n) is 2.75. The molecule has 1 atom stereocenters. The second-order valence-corrected chi connectivity index (χ2v) is 5.06. The molecule has 1 aromatic carbocycles. The minimum absolute atomic E-state index is 0.122. The molecular weight excluding hydrogens is 256 g/mol. The van der Waals surface area contributed by atoms with Crippen molar-refractivity contribution in [3.8, 4) is 0 Å². The number of likely N-dealkylation sites (tertiary alicyclic amines) is 1. The number of aromatic carboxylic acids is 1. The molecular formula is C15H20N2O3. The highest BCUT2D eigenvalue weighted by molar-refractivity contribution is 6.01. The molecule has 1 aliphatic heterocycles. The number of amides is 2. The summed E-state index contributed by atoms with van der Waals surface area (Å²) < 4.78 is 0. The van der Waals surface area contributed by atoms with E-state index in [4.69, 9.17) is 0 Å². The van der Waals surface area contributed by atoms with Crippen LogP contribution in [-0.4, -0.2) is 41.6 Å². The van der Waals surface area contributed by atoms with Gasteiger partial charge in [-0.25, -0.2) is 9.59 Å². The van der Waals surface area contributed by atoms with Gasteiger partial charge in [0.2, 0.25) is 0 Å². The van der Waals surface area contributed by atoms with Crippen LogP contribution in [0, 0.1) is 0 Å². The van der Waals surface area contributed by atoms with Crippen LogP contribution in [0.15, 0.2) is 24.3 Å². The second kappa shape index (κ2) is 5.94. The molecule has 0 aliphatic carbocycles. The molecule has 0 radical (unpaired) electrons. The highest BCUT2D eigenvalue weighted by atomic mass is 16.4. The first-order chi connectivity index (χ1) is 9.56. The van der Waals surface area contributed by atoms with Crippen LogP contribution in [-0.2, 0) is 0 Å². The molecule has 2 amide bonds. The monoisotopic (exact) mass is 276 g/mol. The van der Waals surface area contributed by atoms with Crippen LogP contribution in [0.4, 0.5) is 10.5 Å². The molecule has 20 heavy (non-hydrogen) atoms. The molecule has 1 saturated heterocycles. The normalized spacial score (nSPS) is 18.1. The Morgan fingerprint density at radius 2 is 2.10 bits per heavy atom. The van der Waals surface area contributed by atoms with Gasteiger partial charge in [-0.2, -0.15) is 0 Å². The molecule has 2 rings (SSSR count). The number of carbonyl (C=O) groups excluding carboxylic acids is 1. The van der Waals surface area contributed by atoms with E-state index in [0.717, 1.165) is 25.8 Å². The van der Waals surface area contributed by atoms with Gasteiger partial charge in [0, 0.05) is 19.6 Å². The number of carbonyl (C=O) groups is 2. The summed E-state index contributed by atoms with van der Waals surface area (Å²) in [6.07, 6.45) is 2.97. The van der Waals surface area contributed by atoms with Gasteiger partial charge in [0.1, 0.15) is 0 Å². The van der Waals surface area contributed by atoms with Crippen LogP contribution in [0.3, 0.4) is 0 Å². The molecule has 0 saturated carbocycles. The van der Waals surface area contributed by atoms with Crippen LogP contribution in [0.5, 0.6) is 0 Å². The van der Waals surface area contributed by atoms with Crippen molar-refractivity contribution in [1.82, 2.24) is 4.90 Å². The third-order valence-electron chi connectivity index (χ3n) is 3.88. The SMILES string of the molecule is CCC1CCCN1C(=O)N(C)c1ccccc1C(=O)O. The number of carboxylic acid groups (broad SMARTS) is 1. The maximum absolute atomic E-state index is 12.5. The fourth-order valence-corrected chi connectivity index (χ4v) is 2.75. The first-order valence-electron chi connectivity index (χ1n) is 6.93. The summed E-state index contributed by atoms with van der Waals surface area (Å²) in [5.41, 5.74) is 0.586. The van der Waals surface area contributed by atoms with Crippen molar-refractivity contribution in [3.05, 3.63) is 29.8 Å². The van der Waals surface area contributed by atoms with Crippen molar-refractivity contribution in [2.45, 2.75) is 32.2 Å². The molecule has 0 bridgehead atoms. The lowest BCUT2D eigenvalue weighted by atomic mass is 10.1. The van der Waals surface area contributed by atoms with Crippen molar-refractivity contribution < 1.29 is 14.7 Å². The maximum atomic E-state index is 12.5. The van der Waals surface area contributed by atoms with Crippen LogP contribution >= 0.6 is 0 Å². The lowest BCUT2D eigenvalue weighted by Crippen LogP contribution is -2.44. The summed E-state index contributed by atoms with van der Waals surface area (Å²) in [5, 5.41) is 9.21. The van der Waals surface area contributed by atoms with Crippen LogP contribution in [0.2, 0.25) is 0 Å². The van der Waals surface area contributed by atoms with Crippen LogP contribution < -0.4 is 4.90 Å². The first-order valence-corrected chi connectivity index (χ1v) is 6.93. The van der Waals surface area contributed by atoms with Crippen molar-refractivity contribution in [2.24, 2.45) is 0 Å². The summed E-state index contributed by atoms with van der Waals surface area (Å²) in [4.78, 5) is 27.1. The number of benzene rings is 1. The molecule has 0 aromatic heterocycles. The number of carboxylic acids is 1. The number of hydrogen-bond donors (Lipinski definition) is 1. The Hall–Kier alpha value is -2.04. The molecule has 0 spiro atoms. The molecule has 5 heteroatoms. The minimum atomic E-state index is -1.02. The number of para-hydroxylation sites is 1. The topological polar surface area (TPSA) is 60.9 Å².